The number of aromatic nitrogens is 5. The first kappa shape index (κ1) is 36.6. The number of rotatable bonds is 8. The van der Waals surface area contributed by atoms with Crippen molar-refractivity contribution in [2.75, 3.05) is 9.80 Å². The number of pyridine rings is 1. The highest BCUT2D eigenvalue weighted by molar-refractivity contribution is 6.12. The fourth-order valence-electron chi connectivity index (χ4n) is 9.51. The molecule has 0 atom stereocenters. The van der Waals surface area contributed by atoms with Gasteiger partial charge in [0.25, 0.3) is 0 Å². The summed E-state index contributed by atoms with van der Waals surface area (Å²) in [7, 11) is 0. The van der Waals surface area contributed by atoms with Crippen molar-refractivity contribution in [3.8, 4) is 11.4 Å². The van der Waals surface area contributed by atoms with E-state index in [1.807, 2.05) is 42.6 Å². The van der Waals surface area contributed by atoms with Crippen LogP contribution in [0.2, 0.25) is 0 Å². The van der Waals surface area contributed by atoms with Crippen molar-refractivity contribution in [2.24, 2.45) is 0 Å². The Balaban J connectivity index is 0.949. The molecule has 0 bridgehead atoms. The molecule has 0 N–H and O–H groups in total. The van der Waals surface area contributed by atoms with Gasteiger partial charge in [-0.05, 0) is 97.1 Å². The molecule has 0 radical (unpaired) electrons. The molecule has 0 aliphatic carbocycles. The molecule has 8 nitrogen and oxygen atoms in total. The Kier molecular flexibility index (Phi) is 8.35. The molecule has 65 heavy (non-hydrogen) atoms. The van der Waals surface area contributed by atoms with Gasteiger partial charge in [0.15, 0.2) is 0 Å². The monoisotopic (exact) mass is 835 g/mol. The highest BCUT2D eigenvalue weighted by Crippen LogP contribution is 2.42. The molecule has 13 aromatic rings. The molecule has 5 heterocycles. The maximum Gasteiger partial charge on any atom is 0.237 e. The summed E-state index contributed by atoms with van der Waals surface area (Å²) in [5.74, 6) is 1.20. The lowest BCUT2D eigenvalue weighted by molar-refractivity contribution is 0.639. The summed E-state index contributed by atoms with van der Waals surface area (Å²) < 4.78 is 11.3. The summed E-state index contributed by atoms with van der Waals surface area (Å²) in [4.78, 5) is 19.6. The molecule has 0 amide bonds. The predicted octanol–water partition coefficient (Wildman–Crippen LogP) is 14.9. The van der Waals surface area contributed by atoms with Gasteiger partial charge in [0.2, 0.25) is 17.4 Å². The van der Waals surface area contributed by atoms with Crippen LogP contribution in [0.5, 0.6) is 0 Å². The standard InChI is InChI=1S/C57H37N7O/c1-5-17-38(18-6-1)61(42-29-31-46-44-25-13-15-27-50(44)63(52(46)35-42)40-21-9-3-10-22-40)54-34-33-48-49-37-58-57(60-56(49)65-55(48)59-54)62(39-19-7-2-8-20-39)43-30-32-47-45-26-14-16-28-51(45)64(53(47)36-43)41-23-11-4-12-24-41/h1-37H. The highest BCUT2D eigenvalue weighted by atomic mass is 16.3. The molecule has 5 aromatic heterocycles. The molecular formula is C57H37N7O. The van der Waals surface area contributed by atoms with Gasteiger partial charge in [-0.15, -0.1) is 0 Å². The van der Waals surface area contributed by atoms with E-state index in [2.05, 4.69) is 201 Å². The van der Waals surface area contributed by atoms with Crippen LogP contribution in [0.4, 0.5) is 34.5 Å². The molecule has 0 saturated heterocycles. The molecule has 0 aliphatic rings. The third-order valence-electron chi connectivity index (χ3n) is 12.4. The lowest BCUT2D eigenvalue weighted by atomic mass is 10.1. The molecule has 0 saturated carbocycles. The number of hydrogen-bond donors (Lipinski definition) is 0. The lowest BCUT2D eigenvalue weighted by Crippen LogP contribution is -2.13. The van der Waals surface area contributed by atoms with E-state index in [1.165, 1.54) is 21.5 Å². The quantitative estimate of drug-likeness (QED) is 0.152. The fraction of sp³-hybridized carbons (Fsp3) is 0. The van der Waals surface area contributed by atoms with Gasteiger partial charge in [-0.3, -0.25) is 9.80 Å². The normalized spacial score (nSPS) is 11.7. The van der Waals surface area contributed by atoms with E-state index < -0.39 is 0 Å². The van der Waals surface area contributed by atoms with E-state index in [0.29, 0.717) is 23.2 Å². The maximum atomic E-state index is 6.63. The van der Waals surface area contributed by atoms with Crippen molar-refractivity contribution in [3.05, 3.63) is 225 Å². The minimum Gasteiger partial charge on any atom is -0.419 e. The topological polar surface area (TPSA) is 68.2 Å². The van der Waals surface area contributed by atoms with Crippen LogP contribution in [0.1, 0.15) is 0 Å². The Hall–Kier alpha value is -9.01. The third kappa shape index (κ3) is 5.96. The lowest BCUT2D eigenvalue weighted by Gasteiger charge is -2.24. The Morgan fingerprint density at radius 2 is 0.785 bits per heavy atom. The zero-order chi connectivity index (χ0) is 42.8. The van der Waals surface area contributed by atoms with Gasteiger partial charge in [0, 0.05) is 56.2 Å². The first-order chi connectivity index (χ1) is 32.2. The molecule has 0 spiro atoms. The van der Waals surface area contributed by atoms with Crippen LogP contribution < -0.4 is 9.80 Å². The van der Waals surface area contributed by atoms with Crippen LogP contribution >= 0.6 is 0 Å². The third-order valence-corrected chi connectivity index (χ3v) is 12.4. The average molecular weight is 836 g/mol. The second-order valence-electron chi connectivity index (χ2n) is 16.1. The highest BCUT2D eigenvalue weighted by Gasteiger charge is 2.23. The minimum atomic E-state index is 0.454. The Labute approximate surface area is 373 Å². The molecule has 8 heteroatoms. The Bertz CT molecular complexity index is 3640. The van der Waals surface area contributed by atoms with Crippen LogP contribution in [0, 0.1) is 0 Å². The van der Waals surface area contributed by atoms with Gasteiger partial charge in [0.05, 0.1) is 38.5 Å². The average Bonchev–Trinajstić information content (AvgIpc) is 4.02. The van der Waals surface area contributed by atoms with E-state index in [4.69, 9.17) is 19.4 Å². The fourth-order valence-corrected chi connectivity index (χ4v) is 9.51. The minimum absolute atomic E-state index is 0.454. The molecule has 13 rings (SSSR count). The van der Waals surface area contributed by atoms with Crippen LogP contribution in [0.15, 0.2) is 229 Å². The van der Waals surface area contributed by atoms with Gasteiger partial charge >= 0.3 is 0 Å². The summed E-state index contributed by atoms with van der Waals surface area (Å²) in [5.41, 5.74) is 11.4. The second kappa shape index (κ2) is 14.8. The largest absolute Gasteiger partial charge is 0.419 e. The molecular weight excluding hydrogens is 799 g/mol. The first-order valence-electron chi connectivity index (χ1n) is 21.7. The van der Waals surface area contributed by atoms with Gasteiger partial charge < -0.3 is 13.6 Å². The van der Waals surface area contributed by atoms with Crippen LogP contribution in [0.25, 0.3) is 77.2 Å². The number of furan rings is 1. The second-order valence-corrected chi connectivity index (χ2v) is 16.1. The van der Waals surface area contributed by atoms with E-state index in [-0.39, 0.29) is 0 Å². The number of nitrogens with zero attached hydrogens (tertiary/aromatic N) is 7. The van der Waals surface area contributed by atoms with Crippen LogP contribution in [-0.4, -0.2) is 24.1 Å². The van der Waals surface area contributed by atoms with E-state index >= 15 is 0 Å². The summed E-state index contributed by atoms with van der Waals surface area (Å²) in [6.45, 7) is 0. The number of hydrogen-bond acceptors (Lipinski definition) is 6. The smallest absolute Gasteiger partial charge is 0.237 e. The summed E-state index contributed by atoms with van der Waals surface area (Å²) in [6.07, 6.45) is 1.85. The Morgan fingerprint density at radius 3 is 1.35 bits per heavy atom. The van der Waals surface area contributed by atoms with Crippen molar-refractivity contribution in [3.63, 3.8) is 0 Å². The zero-order valence-electron chi connectivity index (χ0n) is 34.9. The van der Waals surface area contributed by atoms with Gasteiger partial charge in [-0.2, -0.15) is 9.97 Å². The summed E-state index contributed by atoms with van der Waals surface area (Å²) in [5, 5.41) is 6.36. The van der Waals surface area contributed by atoms with Crippen LogP contribution in [-0.2, 0) is 0 Å². The number of fused-ring (bicyclic) bond motifs is 9. The van der Waals surface area contributed by atoms with E-state index in [0.717, 1.165) is 67.0 Å². The van der Waals surface area contributed by atoms with Gasteiger partial charge in [-0.25, -0.2) is 4.98 Å². The maximum absolute atomic E-state index is 6.63. The van der Waals surface area contributed by atoms with E-state index in [1.54, 1.807) is 0 Å². The molecule has 8 aromatic carbocycles. The van der Waals surface area contributed by atoms with Gasteiger partial charge in [-0.1, -0.05) is 121 Å². The molecule has 306 valence electrons. The van der Waals surface area contributed by atoms with Crippen molar-refractivity contribution in [1.29, 1.82) is 0 Å². The SMILES string of the molecule is c1ccc(N(c2ccc3c4ccccc4n(-c4ccccc4)c3c2)c2ccc3c(n2)oc2nc(N(c4ccccc4)c4ccc5c6ccccc6n(-c6ccccc6)c5c4)ncc23)cc1. The van der Waals surface area contributed by atoms with Gasteiger partial charge in [0.1, 0.15) is 5.82 Å². The molecule has 0 unspecified atom stereocenters. The van der Waals surface area contributed by atoms with Crippen molar-refractivity contribution >= 4 is 100 Å². The zero-order valence-corrected chi connectivity index (χ0v) is 34.9. The van der Waals surface area contributed by atoms with E-state index in [9.17, 15) is 0 Å². The first-order valence-corrected chi connectivity index (χ1v) is 21.7. The number of benzene rings is 8. The summed E-state index contributed by atoms with van der Waals surface area (Å²) >= 11 is 0. The molecule has 0 fully saturated rings. The number of anilines is 6. The van der Waals surface area contributed by atoms with Crippen molar-refractivity contribution < 1.29 is 4.42 Å². The Morgan fingerprint density at radius 1 is 0.338 bits per heavy atom. The molecule has 0 aliphatic heterocycles. The summed E-state index contributed by atoms with van der Waals surface area (Å²) in [6, 6.07) is 76.1. The van der Waals surface area contributed by atoms with Crippen molar-refractivity contribution in [1.82, 2.24) is 24.1 Å². The predicted molar refractivity (Wildman–Crippen MR) is 265 cm³/mol. The number of para-hydroxylation sites is 6. The van der Waals surface area contributed by atoms with Crippen molar-refractivity contribution in [2.45, 2.75) is 0 Å². The van der Waals surface area contributed by atoms with Crippen LogP contribution in [0.3, 0.4) is 0 Å².